The van der Waals surface area contributed by atoms with Gasteiger partial charge in [0.05, 0.1) is 65.0 Å². The van der Waals surface area contributed by atoms with Crippen molar-refractivity contribution in [3.63, 3.8) is 0 Å². The van der Waals surface area contributed by atoms with Crippen molar-refractivity contribution in [2.75, 3.05) is 83.9 Å². The molecule has 1 aliphatic rings. The summed E-state index contributed by atoms with van der Waals surface area (Å²) >= 11 is 0. The van der Waals surface area contributed by atoms with Crippen LogP contribution < -0.4 is 4.90 Å². The lowest BCUT2D eigenvalue weighted by Gasteiger charge is -2.25. The predicted octanol–water partition coefficient (Wildman–Crippen LogP) is 7.42. The van der Waals surface area contributed by atoms with E-state index < -0.39 is 8.32 Å². The van der Waals surface area contributed by atoms with Gasteiger partial charge in [0, 0.05) is 60.7 Å². The smallest absolute Gasteiger partial charge is 0.324 e. The Morgan fingerprint density at radius 2 is 1.02 bits per heavy atom. The Morgan fingerprint density at radius 1 is 0.607 bits per heavy atom. The van der Waals surface area contributed by atoms with Gasteiger partial charge in [-0.2, -0.15) is 0 Å². The predicted molar refractivity (Wildman–Crippen MR) is 224 cm³/mol. The third-order valence-corrected chi connectivity index (χ3v) is 9.47. The van der Waals surface area contributed by atoms with Gasteiger partial charge in [0.25, 0.3) is 0 Å². The number of hydrogen-bond donors (Lipinski definition) is 0. The van der Waals surface area contributed by atoms with E-state index in [1.54, 1.807) is 12.1 Å². The fourth-order valence-electron chi connectivity index (χ4n) is 5.66. The van der Waals surface area contributed by atoms with Crippen molar-refractivity contribution in [1.82, 2.24) is 4.90 Å². The van der Waals surface area contributed by atoms with Gasteiger partial charge in [-0.25, -0.2) is 9.64 Å². The van der Waals surface area contributed by atoms with E-state index in [-0.39, 0.29) is 5.97 Å². The van der Waals surface area contributed by atoms with E-state index in [2.05, 4.69) is 50.5 Å². The molecular formula is C46H51N3O6Si. The molecule has 0 atom stereocenters. The van der Waals surface area contributed by atoms with Crippen LogP contribution in [0.4, 0.5) is 11.4 Å². The minimum Gasteiger partial charge on any atom is -0.516 e. The molecule has 0 amide bonds. The number of nitrogens with zero attached hydrogens (tertiary/aromatic N) is 3. The summed E-state index contributed by atoms with van der Waals surface area (Å²) in [6, 6.07) is 31.1. The summed E-state index contributed by atoms with van der Waals surface area (Å²) in [5.41, 5.74) is 6.96. The van der Waals surface area contributed by atoms with Crippen LogP contribution >= 0.6 is 0 Å². The van der Waals surface area contributed by atoms with Gasteiger partial charge >= 0.3 is 5.97 Å². The highest BCUT2D eigenvalue weighted by Gasteiger charge is 2.20. The van der Waals surface area contributed by atoms with E-state index in [1.807, 2.05) is 92.4 Å². The van der Waals surface area contributed by atoms with E-state index >= 15 is 0 Å². The first-order chi connectivity index (χ1) is 27.2. The molecule has 290 valence electrons. The minimum atomic E-state index is -1.95. The minimum absolute atomic E-state index is 0.284. The lowest BCUT2D eigenvalue weighted by Crippen LogP contribution is -2.33. The number of benzene rings is 4. The Labute approximate surface area is 333 Å². The molecule has 4 aromatic rings. The highest BCUT2D eigenvalue weighted by Crippen LogP contribution is 2.17. The maximum Gasteiger partial charge on any atom is 0.324 e. The van der Waals surface area contributed by atoms with Crippen molar-refractivity contribution < 1.29 is 28.2 Å². The normalized spacial score (nSPS) is 15.4. The number of anilines is 1. The molecule has 0 aliphatic carbocycles. The van der Waals surface area contributed by atoms with Gasteiger partial charge in [0.2, 0.25) is 8.32 Å². The second-order valence-electron chi connectivity index (χ2n) is 14.2. The van der Waals surface area contributed by atoms with Crippen molar-refractivity contribution in [2.24, 2.45) is 0 Å². The van der Waals surface area contributed by atoms with E-state index in [0.717, 1.165) is 66.2 Å². The average molecular weight is 770 g/mol. The van der Waals surface area contributed by atoms with Crippen molar-refractivity contribution in [3.05, 3.63) is 142 Å². The summed E-state index contributed by atoms with van der Waals surface area (Å²) in [4.78, 5) is 20.4. The molecule has 9 nitrogen and oxygen atoms in total. The molecule has 1 heterocycles. The largest absolute Gasteiger partial charge is 0.516 e. The Kier molecular flexibility index (Phi) is 16.7. The van der Waals surface area contributed by atoms with Gasteiger partial charge < -0.3 is 28.3 Å². The maximum absolute atomic E-state index is 12.3. The summed E-state index contributed by atoms with van der Waals surface area (Å²) in [6.45, 7) is 21.4. The molecule has 0 saturated carbocycles. The van der Waals surface area contributed by atoms with Crippen molar-refractivity contribution in [2.45, 2.75) is 26.2 Å². The Balaban J connectivity index is 1.09. The van der Waals surface area contributed by atoms with E-state index in [9.17, 15) is 4.79 Å². The van der Waals surface area contributed by atoms with Gasteiger partial charge in [0.15, 0.2) is 5.69 Å². The van der Waals surface area contributed by atoms with Gasteiger partial charge in [-0.05, 0) is 98.0 Å². The van der Waals surface area contributed by atoms with Crippen molar-refractivity contribution in [1.29, 1.82) is 0 Å². The summed E-state index contributed by atoms with van der Waals surface area (Å²) in [6.07, 6.45) is 0. The molecule has 0 unspecified atom stereocenters. The van der Waals surface area contributed by atoms with Crippen LogP contribution in [-0.2, 0) is 29.9 Å². The SMILES string of the molecule is [C-]#[N+]c1ccc(CN2CCOCCOCCN(c3ccc(C#Cc4ccc(C#Cc5ccc(C(=O)O[Si](C)(C)C)cc5)cc4)cc3)CCOCCOCC2)cc1. The molecule has 0 aromatic heterocycles. The molecule has 4 aromatic carbocycles. The molecule has 56 heavy (non-hydrogen) atoms. The molecule has 0 bridgehead atoms. The molecule has 10 heteroatoms. The number of hydrogen-bond acceptors (Lipinski definition) is 8. The van der Waals surface area contributed by atoms with Crippen LogP contribution in [0.5, 0.6) is 0 Å². The van der Waals surface area contributed by atoms with Gasteiger partial charge in [-0.3, -0.25) is 4.90 Å². The van der Waals surface area contributed by atoms with Crippen LogP contribution in [0.25, 0.3) is 4.85 Å². The van der Waals surface area contributed by atoms with Crippen LogP contribution in [0.15, 0.2) is 97.1 Å². The zero-order chi connectivity index (χ0) is 39.4. The number of rotatable bonds is 5. The first-order valence-electron chi connectivity index (χ1n) is 19.1. The molecule has 0 radical (unpaired) electrons. The standard InChI is InChI=1S/C46H51N3O6Si/c1-47-44-21-15-42(16-22-44)37-48-25-29-51-33-35-53-31-27-49(28-32-54-36-34-52-30-26-48)45-23-17-41(18-24-45)12-10-39-7-5-38(6-8-39)9-11-40-13-19-43(20-14-40)46(50)55-56(2,3)4/h5-8,13-24H,25-37H2,2-4H3. The summed E-state index contributed by atoms with van der Waals surface area (Å²) in [5.74, 6) is 12.6. The monoisotopic (exact) mass is 769 g/mol. The zero-order valence-corrected chi connectivity index (χ0v) is 33.7. The van der Waals surface area contributed by atoms with Gasteiger partial charge in [-0.15, -0.1) is 0 Å². The second kappa shape index (κ2) is 22.4. The molecule has 1 fully saturated rings. The lowest BCUT2D eigenvalue weighted by molar-refractivity contribution is 0.0211. The summed E-state index contributed by atoms with van der Waals surface area (Å²) < 4.78 is 29.3. The van der Waals surface area contributed by atoms with Crippen LogP contribution in [0.3, 0.4) is 0 Å². The molecule has 0 N–H and O–H groups in total. The highest BCUT2D eigenvalue weighted by molar-refractivity contribution is 6.71. The Bertz CT molecular complexity index is 1960. The van der Waals surface area contributed by atoms with Crippen molar-refractivity contribution in [3.8, 4) is 23.7 Å². The number of carbonyl (C=O) groups is 1. The van der Waals surface area contributed by atoms with Crippen LogP contribution in [0.1, 0.15) is 38.2 Å². The van der Waals surface area contributed by atoms with Crippen LogP contribution in [0.2, 0.25) is 19.6 Å². The van der Waals surface area contributed by atoms with E-state index in [0.29, 0.717) is 64.1 Å². The third kappa shape index (κ3) is 15.1. The maximum atomic E-state index is 12.3. The van der Waals surface area contributed by atoms with Crippen LogP contribution in [-0.4, -0.2) is 98.2 Å². The topological polar surface area (TPSA) is 74.1 Å². The summed E-state index contributed by atoms with van der Waals surface area (Å²) in [7, 11) is -1.95. The van der Waals surface area contributed by atoms with Crippen molar-refractivity contribution >= 4 is 25.7 Å². The Hall–Kier alpha value is -5.22. The molecule has 1 aliphatic heterocycles. The zero-order valence-electron chi connectivity index (χ0n) is 32.7. The highest BCUT2D eigenvalue weighted by atomic mass is 28.4. The lowest BCUT2D eigenvalue weighted by atomic mass is 10.1. The summed E-state index contributed by atoms with van der Waals surface area (Å²) in [5, 5.41) is 0. The molecule has 1 saturated heterocycles. The first-order valence-corrected chi connectivity index (χ1v) is 22.5. The van der Waals surface area contributed by atoms with Crippen LogP contribution in [0, 0.1) is 30.3 Å². The fourth-order valence-corrected chi connectivity index (χ4v) is 6.34. The molecule has 5 rings (SSSR count). The number of ether oxygens (including phenoxy) is 4. The molecule has 0 spiro atoms. The van der Waals surface area contributed by atoms with Gasteiger partial charge in [0.1, 0.15) is 0 Å². The van der Waals surface area contributed by atoms with E-state index in [1.165, 1.54) is 0 Å². The fraction of sp³-hybridized carbons (Fsp3) is 0.348. The number of carbonyl (C=O) groups excluding carboxylic acids is 1. The first kappa shape index (κ1) is 41.9. The third-order valence-electron chi connectivity index (χ3n) is 8.67. The van der Waals surface area contributed by atoms with Gasteiger partial charge in [-0.1, -0.05) is 47.9 Å². The second-order valence-corrected chi connectivity index (χ2v) is 18.6. The quantitative estimate of drug-likeness (QED) is 0.118. The van der Waals surface area contributed by atoms with E-state index in [4.69, 9.17) is 29.9 Å². The Morgan fingerprint density at radius 3 is 1.45 bits per heavy atom. The average Bonchev–Trinajstić information content (AvgIpc) is 3.20. The molecular weight excluding hydrogens is 719 g/mol.